The number of methoxy groups -OCH3 is 1. The Balaban J connectivity index is 1.94. The Morgan fingerprint density at radius 1 is 1.31 bits per heavy atom. The molecule has 1 aromatic carbocycles. The summed E-state index contributed by atoms with van der Waals surface area (Å²) in [7, 11) is 1.66. The van der Waals surface area contributed by atoms with Crippen molar-refractivity contribution < 1.29 is 4.74 Å². The Labute approximate surface area is 102 Å². The topological polar surface area (TPSA) is 61.0 Å². The van der Waals surface area contributed by atoms with E-state index < -0.39 is 0 Å². The largest absolute Gasteiger partial charge is 0.497 e. The Kier molecular flexibility index (Phi) is 3.63. The fourth-order valence-corrected chi connectivity index (χ4v) is 2.64. The van der Waals surface area contributed by atoms with Crippen LogP contribution in [0.3, 0.4) is 0 Å². The molecule has 6 heteroatoms. The van der Waals surface area contributed by atoms with Gasteiger partial charge in [-0.1, -0.05) is 11.3 Å². The lowest BCUT2D eigenvalue weighted by atomic mass is 10.3. The number of nitrogen functional groups attached to an aromatic ring is 1. The number of anilines is 1. The van der Waals surface area contributed by atoms with Crippen LogP contribution in [0.15, 0.2) is 29.2 Å². The number of nitrogens with two attached hydrogens (primary N) is 1. The summed E-state index contributed by atoms with van der Waals surface area (Å²) in [6.07, 6.45) is 0. The van der Waals surface area contributed by atoms with Crippen LogP contribution < -0.4 is 10.5 Å². The van der Waals surface area contributed by atoms with Gasteiger partial charge < -0.3 is 10.5 Å². The van der Waals surface area contributed by atoms with Gasteiger partial charge in [-0.05, 0) is 24.3 Å². The number of thioether (sulfide) groups is 1. The average molecular weight is 253 g/mol. The van der Waals surface area contributed by atoms with Crippen LogP contribution in [0.25, 0.3) is 0 Å². The summed E-state index contributed by atoms with van der Waals surface area (Å²) in [5.74, 6) is 1.66. The maximum atomic E-state index is 5.50. The van der Waals surface area contributed by atoms with Crippen LogP contribution in [0.4, 0.5) is 5.13 Å². The lowest BCUT2D eigenvalue weighted by molar-refractivity contribution is 0.414. The molecule has 0 aliphatic heterocycles. The molecule has 0 spiro atoms. The third-order valence-corrected chi connectivity index (χ3v) is 3.86. The molecule has 0 saturated carbocycles. The van der Waals surface area contributed by atoms with Gasteiger partial charge in [0.2, 0.25) is 5.13 Å². The molecule has 1 heterocycles. The summed E-state index contributed by atoms with van der Waals surface area (Å²) < 4.78 is 5.09. The molecule has 16 heavy (non-hydrogen) atoms. The molecule has 2 rings (SSSR count). The number of nitrogens with zero attached hydrogens (tertiary/aromatic N) is 2. The number of benzene rings is 1. The van der Waals surface area contributed by atoms with Crippen molar-refractivity contribution in [1.29, 1.82) is 0 Å². The normalized spacial score (nSPS) is 10.3. The van der Waals surface area contributed by atoms with Crippen molar-refractivity contribution in [3.8, 4) is 5.75 Å². The SMILES string of the molecule is COc1ccc(SCc2nnc(N)s2)cc1. The lowest BCUT2D eigenvalue weighted by Gasteiger charge is -2.01. The summed E-state index contributed by atoms with van der Waals surface area (Å²) in [5.41, 5.74) is 5.50. The van der Waals surface area contributed by atoms with Crippen molar-refractivity contribution in [2.24, 2.45) is 0 Å². The molecule has 0 aliphatic carbocycles. The maximum absolute atomic E-state index is 5.50. The Morgan fingerprint density at radius 2 is 2.06 bits per heavy atom. The minimum Gasteiger partial charge on any atom is -0.497 e. The van der Waals surface area contributed by atoms with E-state index in [0.717, 1.165) is 16.5 Å². The highest BCUT2D eigenvalue weighted by Gasteiger charge is 2.02. The van der Waals surface area contributed by atoms with Gasteiger partial charge in [0.05, 0.1) is 12.9 Å². The summed E-state index contributed by atoms with van der Waals surface area (Å²) in [6, 6.07) is 7.93. The fourth-order valence-electron chi connectivity index (χ4n) is 1.14. The minimum atomic E-state index is 0.519. The molecule has 84 valence electrons. The average Bonchev–Trinajstić information content (AvgIpc) is 2.73. The molecule has 2 aromatic rings. The number of rotatable bonds is 4. The molecule has 0 fully saturated rings. The molecular formula is C10H11N3OS2. The summed E-state index contributed by atoms with van der Waals surface area (Å²) in [5, 5.41) is 9.19. The first-order chi connectivity index (χ1) is 7.78. The minimum absolute atomic E-state index is 0.519. The molecule has 0 aliphatic rings. The maximum Gasteiger partial charge on any atom is 0.203 e. The van der Waals surface area contributed by atoms with E-state index in [2.05, 4.69) is 10.2 Å². The number of hydrogen-bond donors (Lipinski definition) is 1. The van der Waals surface area contributed by atoms with Gasteiger partial charge >= 0.3 is 0 Å². The van der Waals surface area contributed by atoms with Crippen molar-refractivity contribution in [3.63, 3.8) is 0 Å². The van der Waals surface area contributed by atoms with Crippen molar-refractivity contribution >= 4 is 28.2 Å². The van der Waals surface area contributed by atoms with Gasteiger partial charge in [0.25, 0.3) is 0 Å². The highest BCUT2D eigenvalue weighted by molar-refractivity contribution is 7.98. The zero-order valence-electron chi connectivity index (χ0n) is 8.71. The second kappa shape index (κ2) is 5.18. The van der Waals surface area contributed by atoms with Crippen LogP contribution in [0.1, 0.15) is 5.01 Å². The fraction of sp³-hybridized carbons (Fsp3) is 0.200. The van der Waals surface area contributed by atoms with E-state index in [1.807, 2.05) is 24.3 Å². The number of aromatic nitrogens is 2. The summed E-state index contributed by atoms with van der Waals surface area (Å²) in [4.78, 5) is 1.18. The summed E-state index contributed by atoms with van der Waals surface area (Å²) in [6.45, 7) is 0. The Morgan fingerprint density at radius 3 is 2.62 bits per heavy atom. The van der Waals surface area contributed by atoms with E-state index in [1.165, 1.54) is 16.2 Å². The monoisotopic (exact) mass is 253 g/mol. The van der Waals surface area contributed by atoms with Gasteiger partial charge in [-0.3, -0.25) is 0 Å². The second-order valence-electron chi connectivity index (χ2n) is 3.00. The third kappa shape index (κ3) is 2.86. The van der Waals surface area contributed by atoms with Crippen LogP contribution in [-0.4, -0.2) is 17.3 Å². The molecule has 0 saturated heterocycles. The highest BCUT2D eigenvalue weighted by atomic mass is 32.2. The van der Waals surface area contributed by atoms with Crippen LogP contribution in [-0.2, 0) is 5.75 Å². The Hall–Kier alpha value is -1.27. The van der Waals surface area contributed by atoms with E-state index in [9.17, 15) is 0 Å². The van der Waals surface area contributed by atoms with E-state index in [-0.39, 0.29) is 0 Å². The van der Waals surface area contributed by atoms with Gasteiger partial charge in [0.15, 0.2) is 0 Å². The molecule has 0 bridgehead atoms. The van der Waals surface area contributed by atoms with Gasteiger partial charge in [-0.2, -0.15) is 0 Å². The second-order valence-corrected chi connectivity index (χ2v) is 5.14. The van der Waals surface area contributed by atoms with E-state index >= 15 is 0 Å². The lowest BCUT2D eigenvalue weighted by Crippen LogP contribution is -1.82. The third-order valence-electron chi connectivity index (χ3n) is 1.90. The Bertz CT molecular complexity index is 455. The van der Waals surface area contributed by atoms with E-state index in [1.54, 1.807) is 18.9 Å². The molecular weight excluding hydrogens is 242 g/mol. The smallest absolute Gasteiger partial charge is 0.203 e. The summed E-state index contributed by atoms with van der Waals surface area (Å²) >= 11 is 3.13. The molecule has 2 N–H and O–H groups in total. The molecule has 0 radical (unpaired) electrons. The van der Waals surface area contributed by atoms with Crippen LogP contribution in [0.5, 0.6) is 5.75 Å². The van der Waals surface area contributed by atoms with Gasteiger partial charge in [0.1, 0.15) is 10.8 Å². The number of hydrogen-bond acceptors (Lipinski definition) is 6. The predicted octanol–water partition coefficient (Wildman–Crippen LogP) is 2.42. The zero-order chi connectivity index (χ0) is 11.4. The van der Waals surface area contributed by atoms with E-state index in [4.69, 9.17) is 10.5 Å². The van der Waals surface area contributed by atoms with Gasteiger partial charge in [-0.15, -0.1) is 22.0 Å². The van der Waals surface area contributed by atoms with Crippen molar-refractivity contribution in [2.75, 3.05) is 12.8 Å². The van der Waals surface area contributed by atoms with Crippen LogP contribution in [0, 0.1) is 0 Å². The van der Waals surface area contributed by atoms with Gasteiger partial charge in [0, 0.05) is 4.90 Å². The van der Waals surface area contributed by atoms with Crippen molar-refractivity contribution in [1.82, 2.24) is 10.2 Å². The predicted molar refractivity (Wildman–Crippen MR) is 66.9 cm³/mol. The van der Waals surface area contributed by atoms with Crippen molar-refractivity contribution in [2.45, 2.75) is 10.6 Å². The zero-order valence-corrected chi connectivity index (χ0v) is 10.3. The standard InChI is InChI=1S/C10H11N3OS2/c1-14-7-2-4-8(5-3-7)15-6-9-12-13-10(11)16-9/h2-5H,6H2,1H3,(H2,11,13). The molecule has 4 nitrogen and oxygen atoms in total. The molecule has 0 atom stereocenters. The first-order valence-electron chi connectivity index (χ1n) is 4.62. The number of ether oxygens (including phenoxy) is 1. The van der Waals surface area contributed by atoms with Crippen LogP contribution in [0.2, 0.25) is 0 Å². The van der Waals surface area contributed by atoms with Crippen molar-refractivity contribution in [3.05, 3.63) is 29.3 Å². The molecule has 0 amide bonds. The first-order valence-corrected chi connectivity index (χ1v) is 6.43. The van der Waals surface area contributed by atoms with Gasteiger partial charge in [-0.25, -0.2) is 0 Å². The first kappa shape index (κ1) is 11.2. The quantitative estimate of drug-likeness (QED) is 0.848. The molecule has 0 unspecified atom stereocenters. The van der Waals surface area contributed by atoms with E-state index in [0.29, 0.717) is 5.13 Å². The highest BCUT2D eigenvalue weighted by Crippen LogP contribution is 2.26. The van der Waals surface area contributed by atoms with Crippen LogP contribution >= 0.6 is 23.1 Å². The molecule has 1 aromatic heterocycles.